The van der Waals surface area contributed by atoms with E-state index in [0.29, 0.717) is 18.4 Å². The second kappa shape index (κ2) is 13.0. The van der Waals surface area contributed by atoms with Crippen molar-refractivity contribution in [3.63, 3.8) is 0 Å². The number of carbonyl (C=O) groups excluding carboxylic acids is 1. The Balaban J connectivity index is 1.17. The van der Waals surface area contributed by atoms with Crippen LogP contribution in [0.25, 0.3) is 22.5 Å². The van der Waals surface area contributed by atoms with Crippen molar-refractivity contribution in [2.45, 2.75) is 57.7 Å². The molecule has 2 amide bonds. The zero-order valence-electron chi connectivity index (χ0n) is 25.9. The monoisotopic (exact) mass is 605 g/mol. The Morgan fingerprint density at radius 3 is 2.13 bits per heavy atom. The van der Waals surface area contributed by atoms with E-state index in [-0.39, 0.29) is 17.9 Å². The zero-order chi connectivity index (χ0) is 31.5. The fourth-order valence-corrected chi connectivity index (χ4v) is 6.41. The standard InChI is InChI=1S/C35H39N7O3/c1-22(2)31(41(3)35(44)45)34(43)42-17-7-13-30(42)33-38-21-29(40-33)26-11-5-9-24(19-26)15-14-23-8-4-10-25(18-23)28-20-37-32(39-28)27-12-6-16-36-27/h4-5,8-11,18-22,27,30-31,36H,6-7,12-13,16-17H2,1-3H3,(H,37,39)(H,38,40)(H,44,45)/t27-,30-,31-/m0/s1. The number of carboxylic acid groups (broad SMARTS) is 1. The smallest absolute Gasteiger partial charge is 0.407 e. The Hall–Kier alpha value is -4.88. The molecule has 2 saturated heterocycles. The molecule has 232 valence electrons. The van der Waals surface area contributed by atoms with Crippen LogP contribution in [0.4, 0.5) is 4.79 Å². The zero-order valence-corrected chi connectivity index (χ0v) is 25.9. The maximum absolute atomic E-state index is 13.5. The SMILES string of the molecule is CC(C)[C@@H](C(=O)N1CCC[C@H]1c1ncc(-c2cccc(C#Cc3cccc(-c4cnc([C@@H]5CCCN5)[nH]4)c3)c2)[nH]1)N(C)C(=O)O. The third-order valence-corrected chi connectivity index (χ3v) is 8.73. The molecule has 0 aliphatic carbocycles. The lowest BCUT2D eigenvalue weighted by Gasteiger charge is -2.33. The van der Waals surface area contributed by atoms with Crippen LogP contribution in [0.1, 0.15) is 74.4 Å². The summed E-state index contributed by atoms with van der Waals surface area (Å²) in [4.78, 5) is 44.2. The summed E-state index contributed by atoms with van der Waals surface area (Å²) in [5.74, 6) is 7.95. The minimum atomic E-state index is -1.11. The number of aromatic nitrogens is 4. The van der Waals surface area contributed by atoms with E-state index < -0.39 is 12.1 Å². The van der Waals surface area contributed by atoms with Gasteiger partial charge in [0.2, 0.25) is 5.91 Å². The first kappa shape index (κ1) is 30.2. The molecule has 10 nitrogen and oxygen atoms in total. The lowest BCUT2D eigenvalue weighted by atomic mass is 10.0. The maximum Gasteiger partial charge on any atom is 0.407 e. The highest BCUT2D eigenvalue weighted by atomic mass is 16.4. The molecule has 45 heavy (non-hydrogen) atoms. The van der Waals surface area contributed by atoms with Gasteiger partial charge in [-0.05, 0) is 62.4 Å². The molecule has 0 bridgehead atoms. The predicted molar refractivity (Wildman–Crippen MR) is 172 cm³/mol. The average Bonchev–Trinajstić information content (AvgIpc) is 3.86. The van der Waals surface area contributed by atoms with E-state index in [9.17, 15) is 14.7 Å². The summed E-state index contributed by atoms with van der Waals surface area (Å²) in [5, 5.41) is 13.0. The number of nitrogens with zero attached hydrogens (tertiary/aromatic N) is 4. The third-order valence-electron chi connectivity index (χ3n) is 8.73. The van der Waals surface area contributed by atoms with Crippen molar-refractivity contribution in [1.29, 1.82) is 0 Å². The number of aromatic amines is 2. The van der Waals surface area contributed by atoms with Gasteiger partial charge in [-0.1, -0.05) is 50.0 Å². The summed E-state index contributed by atoms with van der Waals surface area (Å²) in [5.41, 5.74) is 5.60. The molecule has 2 fully saturated rings. The van der Waals surface area contributed by atoms with Gasteiger partial charge in [-0.25, -0.2) is 14.8 Å². The highest BCUT2D eigenvalue weighted by Crippen LogP contribution is 2.33. The third kappa shape index (κ3) is 6.49. The van der Waals surface area contributed by atoms with E-state index in [0.717, 1.165) is 70.2 Å². The molecule has 2 aromatic heterocycles. The molecule has 2 aromatic carbocycles. The van der Waals surface area contributed by atoms with Gasteiger partial charge in [-0.2, -0.15) is 0 Å². The van der Waals surface area contributed by atoms with Crippen molar-refractivity contribution in [2.75, 3.05) is 20.1 Å². The quantitative estimate of drug-likeness (QED) is 0.203. The Morgan fingerprint density at radius 2 is 1.56 bits per heavy atom. The van der Waals surface area contributed by atoms with Crippen molar-refractivity contribution < 1.29 is 14.7 Å². The number of hydrogen-bond donors (Lipinski definition) is 4. The van der Waals surface area contributed by atoms with E-state index in [4.69, 9.17) is 0 Å². The van der Waals surface area contributed by atoms with E-state index >= 15 is 0 Å². The first-order valence-corrected chi connectivity index (χ1v) is 15.6. The molecule has 3 atom stereocenters. The molecule has 4 aromatic rings. The molecular formula is C35H39N7O3. The van der Waals surface area contributed by atoms with Gasteiger partial charge in [0, 0.05) is 35.8 Å². The second-order valence-electron chi connectivity index (χ2n) is 12.2. The van der Waals surface area contributed by atoms with Crippen LogP contribution in [-0.4, -0.2) is 73.0 Å². The molecule has 2 aliphatic rings. The van der Waals surface area contributed by atoms with Gasteiger partial charge < -0.3 is 25.3 Å². The van der Waals surface area contributed by atoms with E-state index in [2.05, 4.69) is 49.2 Å². The van der Waals surface area contributed by atoms with Crippen LogP contribution in [0.15, 0.2) is 60.9 Å². The molecule has 0 unspecified atom stereocenters. The Bertz CT molecular complexity index is 1740. The highest BCUT2D eigenvalue weighted by Gasteiger charge is 2.39. The molecule has 0 radical (unpaired) electrons. The van der Waals surface area contributed by atoms with Crippen molar-refractivity contribution in [2.24, 2.45) is 5.92 Å². The maximum atomic E-state index is 13.5. The number of likely N-dealkylation sites (tertiary alicyclic amines) is 1. The van der Waals surface area contributed by atoms with Crippen LogP contribution in [0.3, 0.4) is 0 Å². The van der Waals surface area contributed by atoms with Crippen molar-refractivity contribution in [3.05, 3.63) is 83.7 Å². The number of imidazole rings is 2. The molecule has 2 aliphatic heterocycles. The number of amides is 2. The molecule has 6 rings (SSSR count). The van der Waals surface area contributed by atoms with Crippen LogP contribution in [-0.2, 0) is 4.79 Å². The van der Waals surface area contributed by atoms with Crippen molar-refractivity contribution in [3.8, 4) is 34.4 Å². The Kier molecular flexibility index (Phi) is 8.71. The summed E-state index contributed by atoms with van der Waals surface area (Å²) >= 11 is 0. The van der Waals surface area contributed by atoms with Crippen molar-refractivity contribution >= 4 is 12.0 Å². The van der Waals surface area contributed by atoms with Crippen LogP contribution in [0, 0.1) is 17.8 Å². The summed E-state index contributed by atoms with van der Waals surface area (Å²) < 4.78 is 0. The topological polar surface area (TPSA) is 130 Å². The summed E-state index contributed by atoms with van der Waals surface area (Å²) in [7, 11) is 1.46. The Labute approximate surface area is 263 Å². The normalized spacial score (nSPS) is 18.5. The first-order chi connectivity index (χ1) is 21.8. The molecule has 0 spiro atoms. The first-order valence-electron chi connectivity index (χ1n) is 15.6. The molecular weight excluding hydrogens is 566 g/mol. The fraction of sp³-hybridized carbons (Fsp3) is 0.371. The van der Waals surface area contributed by atoms with E-state index in [1.54, 1.807) is 11.1 Å². The van der Waals surface area contributed by atoms with Gasteiger partial charge >= 0.3 is 6.09 Å². The number of hydrogen-bond acceptors (Lipinski definition) is 5. The lowest BCUT2D eigenvalue weighted by molar-refractivity contribution is -0.138. The number of H-pyrrole nitrogens is 2. The molecule has 4 N–H and O–H groups in total. The summed E-state index contributed by atoms with van der Waals surface area (Å²) in [6, 6.07) is 15.4. The predicted octanol–water partition coefficient (Wildman–Crippen LogP) is 5.59. The lowest BCUT2D eigenvalue weighted by Crippen LogP contribution is -2.51. The van der Waals surface area contributed by atoms with Gasteiger partial charge in [0.05, 0.1) is 35.9 Å². The van der Waals surface area contributed by atoms with Gasteiger partial charge in [-0.15, -0.1) is 0 Å². The number of rotatable bonds is 7. The number of carbonyl (C=O) groups is 2. The average molecular weight is 606 g/mol. The fourth-order valence-electron chi connectivity index (χ4n) is 6.41. The van der Waals surface area contributed by atoms with Crippen LogP contribution in [0.5, 0.6) is 0 Å². The van der Waals surface area contributed by atoms with Gasteiger partial charge in [0.15, 0.2) is 0 Å². The highest BCUT2D eigenvalue weighted by molar-refractivity contribution is 5.86. The van der Waals surface area contributed by atoms with E-state index in [1.165, 1.54) is 13.5 Å². The minimum Gasteiger partial charge on any atom is -0.465 e. The van der Waals surface area contributed by atoms with Gasteiger partial charge in [0.25, 0.3) is 0 Å². The number of benzene rings is 2. The van der Waals surface area contributed by atoms with Gasteiger partial charge in [-0.3, -0.25) is 9.69 Å². The number of likely N-dealkylation sites (N-methyl/N-ethyl adjacent to an activating group) is 1. The van der Waals surface area contributed by atoms with E-state index in [1.807, 2.05) is 56.4 Å². The van der Waals surface area contributed by atoms with Crippen molar-refractivity contribution in [1.82, 2.24) is 35.1 Å². The molecule has 4 heterocycles. The molecule has 10 heteroatoms. The molecule has 0 saturated carbocycles. The Morgan fingerprint density at radius 1 is 0.933 bits per heavy atom. The van der Waals surface area contributed by atoms with Crippen LogP contribution >= 0.6 is 0 Å². The van der Waals surface area contributed by atoms with Gasteiger partial charge in [0.1, 0.15) is 17.7 Å². The number of nitrogens with one attached hydrogen (secondary N) is 3. The van der Waals surface area contributed by atoms with Crippen LogP contribution in [0.2, 0.25) is 0 Å². The summed E-state index contributed by atoms with van der Waals surface area (Å²) in [6.07, 6.45) is 6.43. The minimum absolute atomic E-state index is 0.157. The van der Waals surface area contributed by atoms with Crippen LogP contribution < -0.4 is 5.32 Å². The largest absolute Gasteiger partial charge is 0.465 e. The summed E-state index contributed by atoms with van der Waals surface area (Å²) in [6.45, 7) is 5.34. The second-order valence-corrected chi connectivity index (χ2v) is 12.2.